The van der Waals surface area contributed by atoms with Crippen molar-refractivity contribution in [3.8, 4) is 0 Å². The largest absolute Gasteiger partial charge is 0.355 e. The Morgan fingerprint density at radius 3 is 2.14 bits per heavy atom. The molecule has 0 saturated heterocycles. The van der Waals surface area contributed by atoms with E-state index in [1.54, 1.807) is 48.5 Å². The van der Waals surface area contributed by atoms with Crippen LogP contribution in [0.2, 0.25) is 5.02 Å². The quantitative estimate of drug-likeness (QED) is 0.201. The standard InChI is InChI=1S/C35H38ClN3O4S/c1-5-37-35(41)33(22-28-10-7-6-8-11-28)38(23-29-12-9-13-30(36)21-29)34(40)24-39(32-20-26(3)14-17-27(32)4)44(42,43)31-18-15-25(2)16-19-31/h6-21,33H,5,22-24H2,1-4H3,(H,37,41)/t33-/m0/s1. The van der Waals surface area contributed by atoms with Gasteiger partial charge in [0.2, 0.25) is 11.8 Å². The molecule has 1 N–H and O–H groups in total. The third-order valence-corrected chi connectivity index (χ3v) is 9.39. The van der Waals surface area contributed by atoms with E-state index in [1.807, 2.05) is 76.2 Å². The fourth-order valence-electron chi connectivity index (χ4n) is 5.02. The molecule has 0 spiro atoms. The lowest BCUT2D eigenvalue weighted by Gasteiger charge is -2.34. The highest BCUT2D eigenvalue weighted by molar-refractivity contribution is 7.92. The van der Waals surface area contributed by atoms with Crippen molar-refractivity contribution in [1.82, 2.24) is 10.2 Å². The monoisotopic (exact) mass is 631 g/mol. The third-order valence-electron chi connectivity index (χ3n) is 7.39. The summed E-state index contributed by atoms with van der Waals surface area (Å²) in [5.74, 6) is -0.847. The van der Waals surface area contributed by atoms with Crippen molar-refractivity contribution >= 4 is 39.1 Å². The van der Waals surface area contributed by atoms with E-state index in [2.05, 4.69) is 5.32 Å². The van der Waals surface area contributed by atoms with Crippen LogP contribution in [-0.4, -0.2) is 44.3 Å². The van der Waals surface area contributed by atoms with Crippen LogP contribution in [0.25, 0.3) is 0 Å². The van der Waals surface area contributed by atoms with Gasteiger partial charge in [0, 0.05) is 24.5 Å². The maximum absolute atomic E-state index is 14.5. The molecule has 1 atom stereocenters. The number of carbonyl (C=O) groups excluding carboxylic acids is 2. The second-order valence-corrected chi connectivity index (χ2v) is 13.2. The van der Waals surface area contributed by atoms with E-state index in [-0.39, 0.29) is 23.8 Å². The fourth-order valence-corrected chi connectivity index (χ4v) is 6.70. The van der Waals surface area contributed by atoms with Crippen LogP contribution in [0.3, 0.4) is 0 Å². The summed E-state index contributed by atoms with van der Waals surface area (Å²) in [6, 6.07) is 27.7. The van der Waals surface area contributed by atoms with E-state index in [0.717, 1.165) is 21.0 Å². The molecule has 0 unspecified atom stereocenters. The molecule has 0 aliphatic heterocycles. The van der Waals surface area contributed by atoms with Crippen LogP contribution in [0, 0.1) is 20.8 Å². The number of amides is 2. The van der Waals surface area contributed by atoms with Gasteiger partial charge in [0.05, 0.1) is 10.6 Å². The smallest absolute Gasteiger partial charge is 0.264 e. The number of benzene rings is 4. The Kier molecular flexibility index (Phi) is 10.8. The van der Waals surface area contributed by atoms with Gasteiger partial charge in [-0.05, 0) is 80.3 Å². The number of anilines is 1. The van der Waals surface area contributed by atoms with Gasteiger partial charge in [-0.15, -0.1) is 0 Å². The maximum atomic E-state index is 14.5. The molecule has 0 aliphatic rings. The van der Waals surface area contributed by atoms with E-state index in [4.69, 9.17) is 11.6 Å². The first-order valence-corrected chi connectivity index (χ1v) is 16.3. The van der Waals surface area contributed by atoms with Crippen molar-refractivity contribution in [2.24, 2.45) is 0 Å². The topological polar surface area (TPSA) is 86.8 Å². The molecule has 0 bridgehead atoms. The minimum Gasteiger partial charge on any atom is -0.355 e. The Morgan fingerprint density at radius 2 is 1.48 bits per heavy atom. The van der Waals surface area contributed by atoms with Gasteiger partial charge in [-0.3, -0.25) is 13.9 Å². The van der Waals surface area contributed by atoms with Gasteiger partial charge in [-0.25, -0.2) is 8.42 Å². The first-order valence-electron chi connectivity index (χ1n) is 14.5. The fraction of sp³-hybridized carbons (Fsp3) is 0.257. The van der Waals surface area contributed by atoms with Crippen LogP contribution in [-0.2, 0) is 32.6 Å². The zero-order valence-corrected chi connectivity index (χ0v) is 27.0. The summed E-state index contributed by atoms with van der Waals surface area (Å²) in [4.78, 5) is 29.6. The second-order valence-electron chi connectivity index (χ2n) is 10.9. The predicted octanol–water partition coefficient (Wildman–Crippen LogP) is 6.24. The van der Waals surface area contributed by atoms with Crippen molar-refractivity contribution in [3.05, 3.63) is 130 Å². The number of hydrogen-bond acceptors (Lipinski definition) is 4. The molecule has 230 valence electrons. The Morgan fingerprint density at radius 1 is 0.818 bits per heavy atom. The zero-order valence-electron chi connectivity index (χ0n) is 25.5. The molecule has 44 heavy (non-hydrogen) atoms. The van der Waals surface area contributed by atoms with Crippen molar-refractivity contribution in [2.75, 3.05) is 17.4 Å². The highest BCUT2D eigenvalue weighted by Gasteiger charge is 2.35. The van der Waals surface area contributed by atoms with Gasteiger partial charge in [0.15, 0.2) is 0 Å². The predicted molar refractivity (Wildman–Crippen MR) is 176 cm³/mol. The van der Waals surface area contributed by atoms with Crippen LogP contribution >= 0.6 is 11.6 Å². The van der Waals surface area contributed by atoms with Crippen LogP contribution in [0.4, 0.5) is 5.69 Å². The van der Waals surface area contributed by atoms with E-state index < -0.39 is 28.5 Å². The summed E-state index contributed by atoms with van der Waals surface area (Å²) >= 11 is 6.29. The van der Waals surface area contributed by atoms with Gasteiger partial charge >= 0.3 is 0 Å². The number of halogens is 1. The number of carbonyl (C=O) groups is 2. The van der Waals surface area contributed by atoms with Gasteiger partial charge in [-0.2, -0.15) is 0 Å². The average Bonchev–Trinajstić information content (AvgIpc) is 2.99. The second kappa shape index (κ2) is 14.6. The third kappa shape index (κ3) is 8.07. The minimum absolute atomic E-state index is 0.0548. The van der Waals surface area contributed by atoms with Crippen molar-refractivity contribution in [1.29, 1.82) is 0 Å². The Labute approximate surface area is 265 Å². The zero-order chi connectivity index (χ0) is 31.9. The molecule has 4 aromatic carbocycles. The first-order chi connectivity index (χ1) is 21.0. The molecule has 0 fully saturated rings. The van der Waals surface area contributed by atoms with Gasteiger partial charge < -0.3 is 10.2 Å². The number of sulfonamides is 1. The first kappa shape index (κ1) is 32.8. The molecule has 0 radical (unpaired) electrons. The molecular weight excluding hydrogens is 594 g/mol. The molecule has 7 nitrogen and oxygen atoms in total. The normalized spacial score (nSPS) is 11.9. The lowest BCUT2D eigenvalue weighted by atomic mass is 10.0. The summed E-state index contributed by atoms with van der Waals surface area (Å²) in [5.41, 5.74) is 4.45. The number of nitrogens with one attached hydrogen (secondary N) is 1. The Hall–Kier alpha value is -4.14. The molecule has 0 saturated carbocycles. The van der Waals surface area contributed by atoms with Crippen molar-refractivity contribution in [3.63, 3.8) is 0 Å². The highest BCUT2D eigenvalue weighted by Crippen LogP contribution is 2.29. The molecule has 2 amide bonds. The van der Waals surface area contributed by atoms with E-state index in [0.29, 0.717) is 28.4 Å². The average molecular weight is 632 g/mol. The number of nitrogens with zero attached hydrogens (tertiary/aromatic N) is 2. The maximum Gasteiger partial charge on any atom is 0.264 e. The Balaban J connectivity index is 1.83. The van der Waals surface area contributed by atoms with Crippen LogP contribution in [0.5, 0.6) is 0 Å². The molecule has 4 rings (SSSR count). The number of hydrogen-bond donors (Lipinski definition) is 1. The van der Waals surface area contributed by atoms with E-state index in [9.17, 15) is 18.0 Å². The van der Waals surface area contributed by atoms with Gasteiger partial charge in [0.1, 0.15) is 12.6 Å². The summed E-state index contributed by atoms with van der Waals surface area (Å²) < 4.78 is 29.6. The van der Waals surface area contributed by atoms with Crippen molar-refractivity contribution < 1.29 is 18.0 Å². The molecule has 9 heteroatoms. The van der Waals surface area contributed by atoms with E-state index in [1.165, 1.54) is 4.90 Å². The number of aryl methyl sites for hydroxylation is 3. The number of likely N-dealkylation sites (N-methyl/N-ethyl adjacent to an activating group) is 1. The molecule has 4 aromatic rings. The van der Waals surface area contributed by atoms with Crippen LogP contribution < -0.4 is 9.62 Å². The highest BCUT2D eigenvalue weighted by atomic mass is 35.5. The molecule has 0 aliphatic carbocycles. The summed E-state index contributed by atoms with van der Waals surface area (Å²) in [5, 5.41) is 3.36. The molecule has 0 aromatic heterocycles. The molecule has 0 heterocycles. The summed E-state index contributed by atoms with van der Waals surface area (Å²) in [6.07, 6.45) is 0.243. The van der Waals surface area contributed by atoms with E-state index >= 15 is 0 Å². The lowest BCUT2D eigenvalue weighted by Crippen LogP contribution is -2.53. The van der Waals surface area contributed by atoms with Gasteiger partial charge in [-0.1, -0.05) is 83.9 Å². The van der Waals surface area contributed by atoms with Gasteiger partial charge in [0.25, 0.3) is 10.0 Å². The molecular formula is C35H38ClN3O4S. The van der Waals surface area contributed by atoms with Crippen LogP contribution in [0.15, 0.2) is 102 Å². The minimum atomic E-state index is -4.17. The lowest BCUT2D eigenvalue weighted by molar-refractivity contribution is -0.140. The summed E-state index contributed by atoms with van der Waals surface area (Å²) in [6.45, 7) is 7.30. The Bertz CT molecular complexity index is 1710. The SMILES string of the molecule is CCNC(=O)[C@H](Cc1ccccc1)N(Cc1cccc(Cl)c1)C(=O)CN(c1cc(C)ccc1C)S(=O)(=O)c1ccc(C)cc1. The van der Waals surface area contributed by atoms with Crippen molar-refractivity contribution in [2.45, 2.75) is 51.6 Å². The summed E-state index contributed by atoms with van der Waals surface area (Å²) in [7, 11) is -4.17. The number of rotatable bonds is 12. The van der Waals surface area contributed by atoms with Crippen LogP contribution in [0.1, 0.15) is 34.7 Å².